The zero-order chi connectivity index (χ0) is 14.8. The van der Waals surface area contributed by atoms with Gasteiger partial charge in [0, 0.05) is 0 Å². The van der Waals surface area contributed by atoms with Gasteiger partial charge in [0.05, 0.1) is 6.54 Å². The Morgan fingerprint density at radius 2 is 1.95 bits per heavy atom. The van der Waals surface area contributed by atoms with Gasteiger partial charge in [0.15, 0.2) is 0 Å². The second-order valence-electron chi connectivity index (χ2n) is 5.30. The lowest BCUT2D eigenvalue weighted by Gasteiger charge is -2.47. The molecular formula is C13H22F2N2O2. The predicted octanol–water partition coefficient (Wildman–Crippen LogP) is 1.79. The summed E-state index contributed by atoms with van der Waals surface area (Å²) < 4.78 is 25.4. The molecule has 1 rings (SSSR count). The minimum absolute atomic E-state index is 0.0713. The molecule has 0 radical (unpaired) electrons. The summed E-state index contributed by atoms with van der Waals surface area (Å²) in [6.45, 7) is 6.29. The third kappa shape index (κ3) is 2.87. The largest absolute Gasteiger partial charge is 0.342 e. The first-order chi connectivity index (χ1) is 8.77. The van der Waals surface area contributed by atoms with Crippen molar-refractivity contribution in [3.8, 4) is 0 Å². The minimum atomic E-state index is -2.64. The average molecular weight is 276 g/mol. The quantitative estimate of drug-likeness (QED) is 0.832. The van der Waals surface area contributed by atoms with Crippen LogP contribution in [0.2, 0.25) is 0 Å². The van der Waals surface area contributed by atoms with E-state index < -0.39 is 30.5 Å². The van der Waals surface area contributed by atoms with E-state index >= 15 is 0 Å². The maximum absolute atomic E-state index is 12.7. The van der Waals surface area contributed by atoms with Gasteiger partial charge in [-0.1, -0.05) is 27.2 Å². The zero-order valence-electron chi connectivity index (χ0n) is 11.9. The maximum atomic E-state index is 12.7. The van der Waals surface area contributed by atoms with Crippen molar-refractivity contribution in [1.82, 2.24) is 10.2 Å². The summed E-state index contributed by atoms with van der Waals surface area (Å²) >= 11 is 0. The summed E-state index contributed by atoms with van der Waals surface area (Å²) in [5.41, 5.74) is -1.18. The maximum Gasteiger partial charge on any atom is 0.255 e. The molecule has 0 aromatic heterocycles. The van der Waals surface area contributed by atoms with Gasteiger partial charge in [-0.05, 0) is 19.3 Å². The molecule has 0 bridgehead atoms. The lowest BCUT2D eigenvalue weighted by molar-refractivity contribution is -0.160. The molecule has 6 heteroatoms. The van der Waals surface area contributed by atoms with Gasteiger partial charge in [-0.15, -0.1) is 0 Å². The normalized spacial score (nSPS) is 29.6. The van der Waals surface area contributed by atoms with Crippen molar-refractivity contribution >= 4 is 11.8 Å². The monoisotopic (exact) mass is 276 g/mol. The predicted molar refractivity (Wildman–Crippen MR) is 67.8 cm³/mol. The van der Waals surface area contributed by atoms with Crippen LogP contribution in [0.15, 0.2) is 0 Å². The van der Waals surface area contributed by atoms with Gasteiger partial charge >= 0.3 is 0 Å². The summed E-state index contributed by atoms with van der Waals surface area (Å²) in [4.78, 5) is 25.6. The Labute approximate surface area is 112 Å². The van der Waals surface area contributed by atoms with Crippen molar-refractivity contribution in [3.63, 3.8) is 0 Å². The molecule has 0 aromatic carbocycles. The highest BCUT2D eigenvalue weighted by atomic mass is 19.3. The van der Waals surface area contributed by atoms with Crippen LogP contribution in [0.25, 0.3) is 0 Å². The fourth-order valence-electron chi connectivity index (χ4n) is 2.29. The van der Waals surface area contributed by atoms with Crippen LogP contribution < -0.4 is 5.32 Å². The summed E-state index contributed by atoms with van der Waals surface area (Å²) in [5.74, 6) is -0.822. The van der Waals surface area contributed by atoms with E-state index in [2.05, 4.69) is 5.32 Å². The molecule has 110 valence electrons. The van der Waals surface area contributed by atoms with E-state index in [4.69, 9.17) is 0 Å². The molecule has 1 aliphatic heterocycles. The molecule has 0 saturated carbocycles. The van der Waals surface area contributed by atoms with Gasteiger partial charge in [-0.25, -0.2) is 8.78 Å². The first kappa shape index (κ1) is 15.9. The van der Waals surface area contributed by atoms with Crippen LogP contribution in [-0.2, 0) is 9.59 Å². The van der Waals surface area contributed by atoms with Crippen LogP contribution in [0.1, 0.15) is 40.5 Å². The number of rotatable bonds is 5. The number of hydrogen-bond acceptors (Lipinski definition) is 2. The summed E-state index contributed by atoms with van der Waals surface area (Å²) in [6.07, 6.45) is -1.63. The summed E-state index contributed by atoms with van der Waals surface area (Å²) in [5, 5.41) is 2.69. The lowest BCUT2D eigenvalue weighted by atomic mass is 9.86. The molecule has 1 N–H and O–H groups in total. The fourth-order valence-corrected chi connectivity index (χ4v) is 2.29. The van der Waals surface area contributed by atoms with E-state index in [-0.39, 0.29) is 11.8 Å². The molecule has 4 nitrogen and oxygen atoms in total. The minimum Gasteiger partial charge on any atom is -0.342 e. The van der Waals surface area contributed by atoms with Crippen molar-refractivity contribution in [2.24, 2.45) is 5.92 Å². The molecule has 0 aliphatic carbocycles. The zero-order valence-corrected chi connectivity index (χ0v) is 11.9. The molecule has 1 heterocycles. The second kappa shape index (κ2) is 5.84. The SMILES string of the molecule is CCC(C)C1NC(=O)C(C)(CC)N(CC(F)F)C1=O. The van der Waals surface area contributed by atoms with E-state index in [1.807, 2.05) is 13.8 Å². The molecule has 19 heavy (non-hydrogen) atoms. The van der Waals surface area contributed by atoms with Crippen LogP contribution in [0.5, 0.6) is 0 Å². The smallest absolute Gasteiger partial charge is 0.255 e. The highest BCUT2D eigenvalue weighted by Gasteiger charge is 2.49. The van der Waals surface area contributed by atoms with Crippen molar-refractivity contribution in [3.05, 3.63) is 0 Å². The number of nitrogens with one attached hydrogen (secondary N) is 1. The second-order valence-corrected chi connectivity index (χ2v) is 5.30. The Hall–Kier alpha value is -1.20. The number of nitrogens with zero attached hydrogens (tertiary/aromatic N) is 1. The standard InChI is InChI=1S/C13H22F2N2O2/c1-5-8(3)10-11(18)17(7-9(14)15)13(4,6-2)12(19)16-10/h8-10H,5-7H2,1-4H3,(H,16,19). The summed E-state index contributed by atoms with van der Waals surface area (Å²) in [6, 6.07) is -0.698. The fraction of sp³-hybridized carbons (Fsp3) is 0.846. The number of alkyl halides is 2. The molecule has 3 unspecified atom stereocenters. The number of halogens is 2. The van der Waals surface area contributed by atoms with Crippen LogP contribution >= 0.6 is 0 Å². The molecule has 0 spiro atoms. The van der Waals surface area contributed by atoms with Crippen molar-refractivity contribution in [1.29, 1.82) is 0 Å². The van der Waals surface area contributed by atoms with E-state index in [9.17, 15) is 18.4 Å². The Bertz CT molecular complexity index is 363. The van der Waals surface area contributed by atoms with E-state index in [0.717, 1.165) is 4.90 Å². The topological polar surface area (TPSA) is 49.4 Å². The Kier molecular flexibility index (Phi) is 4.87. The van der Waals surface area contributed by atoms with Crippen molar-refractivity contribution < 1.29 is 18.4 Å². The Morgan fingerprint density at radius 3 is 2.37 bits per heavy atom. The molecule has 1 saturated heterocycles. The highest BCUT2D eigenvalue weighted by Crippen LogP contribution is 2.28. The summed E-state index contributed by atoms with van der Waals surface area (Å²) in [7, 11) is 0. The highest BCUT2D eigenvalue weighted by molar-refractivity contribution is 5.99. The third-order valence-corrected chi connectivity index (χ3v) is 4.13. The van der Waals surface area contributed by atoms with E-state index in [0.29, 0.717) is 12.8 Å². The van der Waals surface area contributed by atoms with E-state index in [1.165, 1.54) is 6.92 Å². The average Bonchev–Trinajstić information content (AvgIpc) is 2.37. The molecule has 1 aliphatic rings. The number of piperazine rings is 1. The molecular weight excluding hydrogens is 254 g/mol. The van der Waals surface area contributed by atoms with Gasteiger partial charge in [0.25, 0.3) is 6.43 Å². The lowest BCUT2D eigenvalue weighted by Crippen LogP contribution is -2.71. The number of carbonyl (C=O) groups is 2. The van der Waals surface area contributed by atoms with Gasteiger partial charge in [0.1, 0.15) is 11.6 Å². The van der Waals surface area contributed by atoms with Crippen LogP contribution in [0, 0.1) is 5.92 Å². The molecule has 3 atom stereocenters. The van der Waals surface area contributed by atoms with E-state index in [1.54, 1.807) is 6.92 Å². The number of amides is 2. The van der Waals surface area contributed by atoms with Gasteiger partial charge in [-0.3, -0.25) is 9.59 Å². The Morgan fingerprint density at radius 1 is 1.37 bits per heavy atom. The first-order valence-corrected chi connectivity index (χ1v) is 6.68. The van der Waals surface area contributed by atoms with Crippen LogP contribution in [0.4, 0.5) is 8.78 Å². The van der Waals surface area contributed by atoms with Crippen molar-refractivity contribution in [2.75, 3.05) is 6.54 Å². The van der Waals surface area contributed by atoms with Crippen LogP contribution in [0.3, 0.4) is 0 Å². The molecule has 2 amide bonds. The Balaban J connectivity index is 3.09. The number of hydrogen-bond donors (Lipinski definition) is 1. The molecule has 1 fully saturated rings. The van der Waals surface area contributed by atoms with Gasteiger partial charge in [-0.2, -0.15) is 0 Å². The first-order valence-electron chi connectivity index (χ1n) is 6.68. The number of carbonyl (C=O) groups excluding carboxylic acids is 2. The third-order valence-electron chi connectivity index (χ3n) is 4.13. The van der Waals surface area contributed by atoms with Crippen molar-refractivity contribution in [2.45, 2.75) is 58.5 Å². The van der Waals surface area contributed by atoms with Gasteiger partial charge in [0.2, 0.25) is 11.8 Å². The van der Waals surface area contributed by atoms with Crippen LogP contribution in [-0.4, -0.2) is 41.3 Å². The molecule has 0 aromatic rings. The van der Waals surface area contributed by atoms with Gasteiger partial charge < -0.3 is 10.2 Å².